The minimum absolute atomic E-state index is 0.0575. The van der Waals surface area contributed by atoms with Crippen LogP contribution < -0.4 is 0 Å². The Kier molecular flexibility index (Phi) is 3.73. The van der Waals surface area contributed by atoms with E-state index in [2.05, 4.69) is 14.3 Å². The number of aliphatic hydroxyl groups excluding tert-OH is 1. The summed E-state index contributed by atoms with van der Waals surface area (Å²) in [5, 5.41) is 14.1. The third kappa shape index (κ3) is 2.27. The van der Waals surface area contributed by atoms with Gasteiger partial charge in [-0.1, -0.05) is 11.4 Å². The van der Waals surface area contributed by atoms with E-state index in [0.717, 1.165) is 17.2 Å². The predicted molar refractivity (Wildman–Crippen MR) is 63.4 cm³/mol. The van der Waals surface area contributed by atoms with E-state index in [9.17, 15) is 9.90 Å². The summed E-state index contributed by atoms with van der Waals surface area (Å²) in [6.45, 7) is 1.93. The average molecular weight is 268 g/mol. The highest BCUT2D eigenvalue weighted by molar-refractivity contribution is 7.05. The lowest BCUT2D eigenvalue weighted by Gasteiger charge is -2.05. The van der Waals surface area contributed by atoms with Crippen LogP contribution in [0.4, 0.5) is 0 Å². The quantitative estimate of drug-likeness (QED) is 0.847. The molecule has 2 aromatic rings. The number of aromatic nitrogens is 2. The maximum absolute atomic E-state index is 11.2. The number of hydrogen-bond acceptors (Lipinski definition) is 7. The molecule has 7 heteroatoms. The van der Waals surface area contributed by atoms with Crippen molar-refractivity contribution in [2.45, 2.75) is 19.4 Å². The molecule has 1 atom stereocenters. The topological polar surface area (TPSA) is 85.5 Å². The van der Waals surface area contributed by atoms with Crippen molar-refractivity contribution in [1.82, 2.24) is 9.59 Å². The molecule has 0 aliphatic rings. The van der Waals surface area contributed by atoms with Crippen LogP contribution in [-0.4, -0.2) is 27.8 Å². The molecule has 2 heterocycles. The number of rotatable bonds is 4. The minimum atomic E-state index is -0.960. The van der Waals surface area contributed by atoms with E-state index in [-0.39, 0.29) is 11.5 Å². The number of carbonyl (C=O) groups excluding carboxylic acids is 1. The molecule has 6 nitrogen and oxygen atoms in total. The van der Waals surface area contributed by atoms with E-state index in [4.69, 9.17) is 4.42 Å². The van der Waals surface area contributed by atoms with Crippen LogP contribution in [0.2, 0.25) is 0 Å². The lowest BCUT2D eigenvalue weighted by atomic mass is 10.2. The van der Waals surface area contributed by atoms with Crippen LogP contribution in [0.5, 0.6) is 0 Å². The molecular formula is C11H12N2O4S. The molecule has 0 saturated heterocycles. The summed E-state index contributed by atoms with van der Waals surface area (Å²) in [4.78, 5) is 11.9. The first-order chi connectivity index (χ1) is 8.67. The van der Waals surface area contributed by atoms with Gasteiger partial charge < -0.3 is 14.3 Å². The first-order valence-corrected chi connectivity index (χ1v) is 6.12. The van der Waals surface area contributed by atoms with Crippen LogP contribution in [-0.2, 0) is 11.2 Å². The van der Waals surface area contributed by atoms with Crippen molar-refractivity contribution in [2.24, 2.45) is 0 Å². The lowest BCUT2D eigenvalue weighted by Crippen LogP contribution is -2.01. The Bertz CT molecular complexity index is 549. The number of nitrogens with zero attached hydrogens (tertiary/aromatic N) is 2. The summed E-state index contributed by atoms with van der Waals surface area (Å²) in [7, 11) is 1.27. The number of esters is 1. The van der Waals surface area contributed by atoms with Gasteiger partial charge >= 0.3 is 5.97 Å². The molecule has 2 rings (SSSR count). The first-order valence-electron chi connectivity index (χ1n) is 5.34. The van der Waals surface area contributed by atoms with Crippen LogP contribution in [0, 0.1) is 0 Å². The number of furan rings is 1. The van der Waals surface area contributed by atoms with Crippen LogP contribution in [0.25, 0.3) is 0 Å². The normalized spacial score (nSPS) is 12.4. The SMILES string of the molecule is CCc1nnsc1C(O)c1ccc(C(=O)OC)o1. The standard InChI is InChI=1S/C11H12N2O4S/c1-3-6-10(18-13-12-6)9(14)7-4-5-8(17-7)11(15)16-2/h4-5,9,14H,3H2,1-2H3. The smallest absolute Gasteiger partial charge is 0.373 e. The molecule has 0 amide bonds. The first kappa shape index (κ1) is 12.7. The number of carbonyl (C=O) groups is 1. The third-order valence-electron chi connectivity index (χ3n) is 2.45. The molecule has 18 heavy (non-hydrogen) atoms. The lowest BCUT2D eigenvalue weighted by molar-refractivity contribution is 0.0558. The number of ether oxygens (including phenoxy) is 1. The van der Waals surface area contributed by atoms with Gasteiger partial charge in [0.05, 0.1) is 17.7 Å². The Morgan fingerprint density at radius 3 is 3.06 bits per heavy atom. The minimum Gasteiger partial charge on any atom is -0.463 e. The van der Waals surface area contributed by atoms with E-state index in [1.54, 1.807) is 0 Å². The number of aliphatic hydroxyl groups is 1. The monoisotopic (exact) mass is 268 g/mol. The van der Waals surface area contributed by atoms with Gasteiger partial charge in [0.25, 0.3) is 0 Å². The predicted octanol–water partition coefficient (Wildman–Crippen LogP) is 1.56. The number of hydrogen-bond donors (Lipinski definition) is 1. The summed E-state index contributed by atoms with van der Waals surface area (Å²) in [6, 6.07) is 3.00. The maximum Gasteiger partial charge on any atom is 0.373 e. The van der Waals surface area contributed by atoms with Crippen molar-refractivity contribution in [3.05, 3.63) is 34.2 Å². The molecule has 0 aliphatic carbocycles. The fraction of sp³-hybridized carbons (Fsp3) is 0.364. The summed E-state index contributed by atoms with van der Waals surface area (Å²) < 4.78 is 13.6. The van der Waals surface area contributed by atoms with E-state index >= 15 is 0 Å². The van der Waals surface area contributed by atoms with Crippen LogP contribution in [0.3, 0.4) is 0 Å². The van der Waals surface area contributed by atoms with Crippen molar-refractivity contribution in [3.8, 4) is 0 Å². The van der Waals surface area contributed by atoms with Crippen molar-refractivity contribution in [1.29, 1.82) is 0 Å². The Balaban J connectivity index is 2.26. The molecule has 2 aromatic heterocycles. The fourth-order valence-corrected chi connectivity index (χ4v) is 2.24. The van der Waals surface area contributed by atoms with Crippen molar-refractivity contribution in [3.63, 3.8) is 0 Å². The van der Waals surface area contributed by atoms with E-state index in [1.165, 1.54) is 19.2 Å². The van der Waals surface area contributed by atoms with Gasteiger partial charge in [-0.2, -0.15) is 0 Å². The molecular weight excluding hydrogens is 256 g/mol. The average Bonchev–Trinajstić information content (AvgIpc) is 3.05. The zero-order valence-electron chi connectivity index (χ0n) is 9.91. The van der Waals surface area contributed by atoms with Crippen LogP contribution in [0.15, 0.2) is 16.5 Å². The second-order valence-electron chi connectivity index (χ2n) is 3.53. The number of aryl methyl sites for hydroxylation is 1. The Morgan fingerprint density at radius 1 is 1.61 bits per heavy atom. The van der Waals surface area contributed by atoms with Gasteiger partial charge in [-0.05, 0) is 30.1 Å². The second kappa shape index (κ2) is 5.28. The highest BCUT2D eigenvalue weighted by Gasteiger charge is 2.22. The second-order valence-corrected chi connectivity index (χ2v) is 4.32. The highest BCUT2D eigenvalue weighted by Crippen LogP contribution is 2.28. The highest BCUT2D eigenvalue weighted by atomic mass is 32.1. The molecule has 1 unspecified atom stereocenters. The van der Waals surface area contributed by atoms with Crippen molar-refractivity contribution >= 4 is 17.5 Å². The summed E-state index contributed by atoms with van der Waals surface area (Å²) in [6.07, 6.45) is -0.286. The van der Waals surface area contributed by atoms with Gasteiger partial charge in [0, 0.05) is 0 Å². The van der Waals surface area contributed by atoms with Crippen molar-refractivity contribution < 1.29 is 19.1 Å². The van der Waals surface area contributed by atoms with Gasteiger partial charge in [0.2, 0.25) is 5.76 Å². The molecule has 1 N–H and O–H groups in total. The van der Waals surface area contributed by atoms with E-state index < -0.39 is 12.1 Å². The summed E-state index contributed by atoms with van der Waals surface area (Å²) in [5.41, 5.74) is 0.725. The molecule has 0 fully saturated rings. The zero-order valence-corrected chi connectivity index (χ0v) is 10.7. The van der Waals surface area contributed by atoms with Crippen LogP contribution >= 0.6 is 11.5 Å². The molecule has 0 aromatic carbocycles. The van der Waals surface area contributed by atoms with Gasteiger partial charge in [-0.25, -0.2) is 4.79 Å². The molecule has 0 spiro atoms. The Labute approximate surface area is 107 Å². The zero-order chi connectivity index (χ0) is 13.1. The number of methoxy groups -OCH3 is 1. The summed E-state index contributed by atoms with van der Waals surface area (Å²) >= 11 is 1.11. The van der Waals surface area contributed by atoms with Crippen LogP contribution in [0.1, 0.15) is 39.9 Å². The maximum atomic E-state index is 11.2. The molecule has 96 valence electrons. The Hall–Kier alpha value is -1.73. The third-order valence-corrected chi connectivity index (χ3v) is 3.27. The van der Waals surface area contributed by atoms with E-state index in [0.29, 0.717) is 11.3 Å². The fourth-order valence-electron chi connectivity index (χ4n) is 1.51. The molecule has 0 aliphatic heterocycles. The Morgan fingerprint density at radius 2 is 2.39 bits per heavy atom. The molecule has 0 bridgehead atoms. The van der Waals surface area contributed by atoms with Gasteiger partial charge in [0.15, 0.2) is 0 Å². The summed E-state index contributed by atoms with van der Waals surface area (Å²) in [5.74, 6) is -0.246. The molecule has 0 radical (unpaired) electrons. The molecule has 0 saturated carbocycles. The van der Waals surface area contributed by atoms with E-state index in [1.807, 2.05) is 6.92 Å². The van der Waals surface area contributed by atoms with Gasteiger partial charge in [-0.15, -0.1) is 5.10 Å². The van der Waals surface area contributed by atoms with Gasteiger partial charge in [-0.3, -0.25) is 0 Å². The largest absolute Gasteiger partial charge is 0.463 e. The van der Waals surface area contributed by atoms with Crippen molar-refractivity contribution in [2.75, 3.05) is 7.11 Å². The van der Waals surface area contributed by atoms with Gasteiger partial charge in [0.1, 0.15) is 11.9 Å².